The minimum Gasteiger partial charge on any atom is -0.493 e. The molecule has 144 valence electrons. The van der Waals surface area contributed by atoms with Crippen LogP contribution in [0.2, 0.25) is 0 Å². The summed E-state index contributed by atoms with van der Waals surface area (Å²) in [5, 5.41) is 0. The number of nitrogens with one attached hydrogen (secondary N) is 2. The van der Waals surface area contributed by atoms with Gasteiger partial charge in [-0.2, -0.15) is 0 Å². The number of rotatable bonds is 10. The molecule has 0 radical (unpaired) electrons. The fraction of sp³-hybridized carbons (Fsp3) is 0.364. The van der Waals surface area contributed by atoms with Crippen molar-refractivity contribution in [1.82, 2.24) is 10.9 Å². The van der Waals surface area contributed by atoms with E-state index in [1.54, 1.807) is 18.2 Å². The molecule has 0 aliphatic carbocycles. The monoisotopic (exact) mass is 368 g/mol. The lowest BCUT2D eigenvalue weighted by atomic mass is 10.1. The number of hydrazine groups is 1. The van der Waals surface area contributed by atoms with Gasteiger partial charge in [0.2, 0.25) is 5.91 Å². The fourth-order valence-electron chi connectivity index (χ4n) is 2.65. The van der Waals surface area contributed by atoms with Crippen LogP contribution < -0.4 is 15.6 Å². The van der Waals surface area contributed by atoms with Crippen LogP contribution in [0.4, 0.5) is 0 Å². The molecular formula is C22H28N2O3. The maximum atomic E-state index is 12.4. The van der Waals surface area contributed by atoms with E-state index in [1.165, 1.54) is 12.8 Å². The van der Waals surface area contributed by atoms with Gasteiger partial charge in [-0.25, -0.2) is 0 Å². The Balaban J connectivity index is 1.78. The summed E-state index contributed by atoms with van der Waals surface area (Å²) in [4.78, 5) is 24.3. The van der Waals surface area contributed by atoms with Crippen molar-refractivity contribution in [3.63, 3.8) is 0 Å². The zero-order chi connectivity index (χ0) is 19.3. The molecule has 0 bridgehead atoms. The molecule has 0 unspecified atom stereocenters. The van der Waals surface area contributed by atoms with E-state index in [0.717, 1.165) is 18.4 Å². The first kappa shape index (κ1) is 20.5. The SMILES string of the molecule is CCCCCCOc1ccccc1C(=O)NNC(=O)CCc1ccccc1. The van der Waals surface area contributed by atoms with Gasteiger partial charge in [-0.15, -0.1) is 0 Å². The number of carbonyl (C=O) groups is 2. The highest BCUT2D eigenvalue weighted by molar-refractivity contribution is 5.97. The van der Waals surface area contributed by atoms with E-state index in [2.05, 4.69) is 17.8 Å². The quantitative estimate of drug-likeness (QED) is 0.491. The molecule has 2 amide bonds. The van der Waals surface area contributed by atoms with Crippen molar-refractivity contribution < 1.29 is 14.3 Å². The van der Waals surface area contributed by atoms with Gasteiger partial charge in [-0.1, -0.05) is 68.7 Å². The molecule has 5 nitrogen and oxygen atoms in total. The van der Waals surface area contributed by atoms with Crippen LogP contribution in [-0.4, -0.2) is 18.4 Å². The number of benzene rings is 2. The summed E-state index contributed by atoms with van der Waals surface area (Å²) in [6.45, 7) is 2.74. The smallest absolute Gasteiger partial charge is 0.273 e. The molecule has 2 N–H and O–H groups in total. The molecule has 2 aromatic rings. The number of hydrogen-bond donors (Lipinski definition) is 2. The average Bonchev–Trinajstić information content (AvgIpc) is 2.71. The lowest BCUT2D eigenvalue weighted by molar-refractivity contribution is -0.121. The Morgan fingerprint density at radius 3 is 2.41 bits per heavy atom. The van der Waals surface area contributed by atoms with E-state index in [1.807, 2.05) is 36.4 Å². The first-order valence-electron chi connectivity index (χ1n) is 9.55. The number of hydrogen-bond acceptors (Lipinski definition) is 3. The highest BCUT2D eigenvalue weighted by Crippen LogP contribution is 2.18. The molecule has 0 atom stereocenters. The van der Waals surface area contributed by atoms with Crippen molar-refractivity contribution in [2.75, 3.05) is 6.61 Å². The molecule has 0 aromatic heterocycles. The van der Waals surface area contributed by atoms with Gasteiger partial charge in [0.25, 0.3) is 5.91 Å². The van der Waals surface area contributed by atoms with Gasteiger partial charge >= 0.3 is 0 Å². The van der Waals surface area contributed by atoms with Crippen LogP contribution in [0.3, 0.4) is 0 Å². The second kappa shape index (κ2) is 11.7. The number of carbonyl (C=O) groups excluding carboxylic acids is 2. The largest absolute Gasteiger partial charge is 0.493 e. The lowest BCUT2D eigenvalue weighted by Crippen LogP contribution is -2.41. The Bertz CT molecular complexity index is 717. The summed E-state index contributed by atoms with van der Waals surface area (Å²) in [5.41, 5.74) is 6.43. The number of para-hydroxylation sites is 1. The molecule has 5 heteroatoms. The molecule has 0 saturated heterocycles. The van der Waals surface area contributed by atoms with Crippen molar-refractivity contribution in [1.29, 1.82) is 0 Å². The zero-order valence-corrected chi connectivity index (χ0v) is 15.9. The van der Waals surface area contributed by atoms with Gasteiger partial charge in [-0.3, -0.25) is 20.4 Å². The maximum absolute atomic E-state index is 12.4. The van der Waals surface area contributed by atoms with Crippen LogP contribution in [0.1, 0.15) is 54.9 Å². The van der Waals surface area contributed by atoms with Crippen LogP contribution in [-0.2, 0) is 11.2 Å². The Morgan fingerprint density at radius 2 is 1.63 bits per heavy atom. The van der Waals surface area contributed by atoms with Gasteiger partial charge in [0, 0.05) is 6.42 Å². The number of aryl methyl sites for hydroxylation is 1. The second-order valence-electron chi connectivity index (χ2n) is 6.39. The lowest BCUT2D eigenvalue weighted by Gasteiger charge is -2.12. The van der Waals surface area contributed by atoms with E-state index in [-0.39, 0.29) is 11.8 Å². The highest BCUT2D eigenvalue weighted by Gasteiger charge is 2.13. The molecule has 0 aliphatic rings. The molecule has 0 aliphatic heterocycles. The van der Waals surface area contributed by atoms with E-state index in [0.29, 0.717) is 30.8 Å². The molecule has 0 saturated carbocycles. The molecule has 0 spiro atoms. The minimum atomic E-state index is -0.382. The molecular weight excluding hydrogens is 340 g/mol. The normalized spacial score (nSPS) is 10.3. The first-order valence-corrected chi connectivity index (χ1v) is 9.55. The average molecular weight is 368 g/mol. The fourth-order valence-corrected chi connectivity index (χ4v) is 2.65. The van der Waals surface area contributed by atoms with E-state index in [9.17, 15) is 9.59 Å². The van der Waals surface area contributed by atoms with Crippen molar-refractivity contribution in [2.45, 2.75) is 45.4 Å². The Labute approximate surface area is 161 Å². The van der Waals surface area contributed by atoms with Crippen LogP contribution >= 0.6 is 0 Å². The van der Waals surface area contributed by atoms with Crippen LogP contribution in [0.25, 0.3) is 0 Å². The third kappa shape index (κ3) is 7.52. The van der Waals surface area contributed by atoms with Gasteiger partial charge in [0.15, 0.2) is 0 Å². The molecule has 2 aromatic carbocycles. The van der Waals surface area contributed by atoms with Crippen LogP contribution in [0, 0.1) is 0 Å². The maximum Gasteiger partial charge on any atom is 0.273 e. The topological polar surface area (TPSA) is 67.4 Å². The van der Waals surface area contributed by atoms with Crippen molar-refractivity contribution in [3.8, 4) is 5.75 Å². The van der Waals surface area contributed by atoms with E-state index >= 15 is 0 Å². The molecule has 0 heterocycles. The van der Waals surface area contributed by atoms with Gasteiger partial charge in [-0.05, 0) is 30.5 Å². The van der Waals surface area contributed by atoms with Gasteiger partial charge in [0.1, 0.15) is 5.75 Å². The second-order valence-corrected chi connectivity index (χ2v) is 6.39. The summed E-state index contributed by atoms with van der Waals surface area (Å²) in [6, 6.07) is 16.8. The Kier molecular flexibility index (Phi) is 8.90. The summed E-state index contributed by atoms with van der Waals surface area (Å²) in [6.07, 6.45) is 5.35. The molecule has 0 fully saturated rings. The summed E-state index contributed by atoms with van der Waals surface area (Å²) in [5.74, 6) is -0.0811. The Hall–Kier alpha value is -2.82. The third-order valence-corrected chi connectivity index (χ3v) is 4.19. The van der Waals surface area contributed by atoms with Gasteiger partial charge in [0.05, 0.1) is 12.2 Å². The molecule has 2 rings (SSSR count). The van der Waals surface area contributed by atoms with Crippen molar-refractivity contribution >= 4 is 11.8 Å². The van der Waals surface area contributed by atoms with E-state index < -0.39 is 0 Å². The summed E-state index contributed by atoms with van der Waals surface area (Å²) in [7, 11) is 0. The molecule has 27 heavy (non-hydrogen) atoms. The van der Waals surface area contributed by atoms with Crippen molar-refractivity contribution in [3.05, 3.63) is 65.7 Å². The first-order chi connectivity index (χ1) is 13.2. The summed E-state index contributed by atoms with van der Waals surface area (Å²) >= 11 is 0. The van der Waals surface area contributed by atoms with Gasteiger partial charge < -0.3 is 4.74 Å². The number of amides is 2. The predicted molar refractivity (Wildman–Crippen MR) is 106 cm³/mol. The minimum absolute atomic E-state index is 0.231. The standard InChI is InChI=1S/C22H28N2O3/c1-2-3-4-10-17-27-20-14-9-8-13-19(20)22(26)24-23-21(25)16-15-18-11-6-5-7-12-18/h5-9,11-14H,2-4,10,15-17H2,1H3,(H,23,25)(H,24,26). The highest BCUT2D eigenvalue weighted by atomic mass is 16.5. The predicted octanol–water partition coefficient (Wildman–Crippen LogP) is 4.04. The van der Waals surface area contributed by atoms with Crippen LogP contribution in [0.5, 0.6) is 5.75 Å². The number of unbranched alkanes of at least 4 members (excludes halogenated alkanes) is 3. The summed E-state index contributed by atoms with van der Waals surface area (Å²) < 4.78 is 5.74. The van der Waals surface area contributed by atoms with E-state index in [4.69, 9.17) is 4.74 Å². The van der Waals surface area contributed by atoms with Crippen molar-refractivity contribution in [2.24, 2.45) is 0 Å². The number of ether oxygens (including phenoxy) is 1. The Morgan fingerprint density at radius 1 is 0.889 bits per heavy atom. The third-order valence-electron chi connectivity index (χ3n) is 4.19. The zero-order valence-electron chi connectivity index (χ0n) is 15.9. The van der Waals surface area contributed by atoms with Crippen LogP contribution in [0.15, 0.2) is 54.6 Å².